The lowest BCUT2D eigenvalue weighted by Crippen LogP contribution is -2.52. The first-order valence-electron chi connectivity index (χ1n) is 9.33. The van der Waals surface area contributed by atoms with Crippen molar-refractivity contribution in [1.82, 2.24) is 0 Å². The van der Waals surface area contributed by atoms with E-state index >= 15 is 0 Å². The van der Waals surface area contributed by atoms with Gasteiger partial charge in [0.25, 0.3) is 0 Å². The molecular weight excluding hydrogens is 362 g/mol. The van der Waals surface area contributed by atoms with Gasteiger partial charge in [0.1, 0.15) is 6.10 Å². The molecular formula is C19H37NO4Si2. The highest BCUT2D eigenvalue weighted by Gasteiger charge is 2.59. The Morgan fingerprint density at radius 3 is 1.92 bits per heavy atom. The summed E-state index contributed by atoms with van der Waals surface area (Å²) >= 11 is 0. The molecule has 7 heteroatoms. The van der Waals surface area contributed by atoms with Crippen LogP contribution in [0.2, 0.25) is 36.3 Å². The average Bonchev–Trinajstić information content (AvgIpc) is 2.67. The number of rotatable bonds is 5. The van der Waals surface area contributed by atoms with Crippen molar-refractivity contribution >= 4 is 22.6 Å². The van der Waals surface area contributed by atoms with Gasteiger partial charge in [0.15, 0.2) is 28.2 Å². The molecule has 0 aliphatic carbocycles. The van der Waals surface area contributed by atoms with E-state index in [1.807, 2.05) is 0 Å². The van der Waals surface area contributed by atoms with Crippen LogP contribution in [0.3, 0.4) is 0 Å². The van der Waals surface area contributed by atoms with Crippen molar-refractivity contribution in [2.24, 2.45) is 5.41 Å². The molecule has 0 aromatic rings. The predicted octanol–water partition coefficient (Wildman–Crippen LogP) is 4.85. The number of hydrogen-bond donors (Lipinski definition) is 0. The van der Waals surface area contributed by atoms with E-state index in [4.69, 9.17) is 13.6 Å². The fourth-order valence-electron chi connectivity index (χ4n) is 2.24. The second-order valence-corrected chi connectivity index (χ2v) is 20.2. The quantitative estimate of drug-likeness (QED) is 0.488. The summed E-state index contributed by atoms with van der Waals surface area (Å²) in [5.74, 6) is -0.507. The van der Waals surface area contributed by atoms with Gasteiger partial charge in [0.05, 0.1) is 12.7 Å². The summed E-state index contributed by atoms with van der Waals surface area (Å²) in [6, 6.07) is 2.15. The minimum absolute atomic E-state index is 0.0279. The zero-order chi connectivity index (χ0) is 20.8. The molecule has 1 heterocycles. The van der Waals surface area contributed by atoms with Crippen molar-refractivity contribution in [1.29, 1.82) is 5.26 Å². The first-order chi connectivity index (χ1) is 11.4. The number of ether oxygens (including phenoxy) is 1. The van der Waals surface area contributed by atoms with Crippen LogP contribution < -0.4 is 0 Å². The standard InChI is InChI=1S/C19H37NO4Si2/c1-17(2,3)25(8,9)22-12-14-15(19(7,13-20)16(21)23-14)24-26(10,11)18(4,5)6/h14-15H,12H2,1-11H3/t14-,15-,19-/m1/s1. The maximum Gasteiger partial charge on any atom is 0.329 e. The van der Waals surface area contributed by atoms with Crippen LogP contribution in [0.1, 0.15) is 48.5 Å². The Hall–Kier alpha value is -0.686. The van der Waals surface area contributed by atoms with Crippen LogP contribution in [0.5, 0.6) is 0 Å². The molecule has 1 saturated heterocycles. The summed E-state index contributed by atoms with van der Waals surface area (Å²) < 4.78 is 18.4. The summed E-state index contributed by atoms with van der Waals surface area (Å²) in [5, 5.41) is 9.72. The molecule has 0 saturated carbocycles. The fourth-order valence-corrected chi connectivity index (χ4v) is 4.63. The molecule has 3 atom stereocenters. The predicted molar refractivity (Wildman–Crippen MR) is 109 cm³/mol. The summed E-state index contributed by atoms with van der Waals surface area (Å²) in [4.78, 5) is 12.5. The zero-order valence-corrected chi connectivity index (χ0v) is 20.4. The highest BCUT2D eigenvalue weighted by molar-refractivity contribution is 6.74. The monoisotopic (exact) mass is 399 g/mol. The van der Waals surface area contributed by atoms with Crippen molar-refractivity contribution in [2.75, 3.05) is 6.61 Å². The maximum atomic E-state index is 12.5. The molecule has 1 fully saturated rings. The van der Waals surface area contributed by atoms with Gasteiger partial charge in [-0.3, -0.25) is 4.79 Å². The Bertz CT molecular complexity index is 584. The van der Waals surface area contributed by atoms with Crippen molar-refractivity contribution in [3.05, 3.63) is 0 Å². The van der Waals surface area contributed by atoms with Gasteiger partial charge in [0, 0.05) is 0 Å². The Morgan fingerprint density at radius 2 is 1.54 bits per heavy atom. The molecule has 1 rings (SSSR count). The third-order valence-corrected chi connectivity index (χ3v) is 15.4. The number of cyclic esters (lactones) is 1. The van der Waals surface area contributed by atoms with Crippen LogP contribution in [0.15, 0.2) is 0 Å². The van der Waals surface area contributed by atoms with Crippen LogP contribution in [-0.4, -0.2) is 41.4 Å². The second kappa shape index (κ2) is 7.04. The van der Waals surface area contributed by atoms with Gasteiger partial charge in [-0.15, -0.1) is 0 Å². The van der Waals surface area contributed by atoms with Crippen molar-refractivity contribution in [3.8, 4) is 6.07 Å². The summed E-state index contributed by atoms with van der Waals surface area (Å²) in [6.07, 6.45) is -1.15. The van der Waals surface area contributed by atoms with Crippen LogP contribution in [-0.2, 0) is 18.4 Å². The fraction of sp³-hybridized carbons (Fsp3) is 0.895. The van der Waals surface area contributed by atoms with Crippen LogP contribution in [0, 0.1) is 16.7 Å². The Labute approximate surface area is 161 Å². The van der Waals surface area contributed by atoms with E-state index in [1.54, 1.807) is 6.92 Å². The summed E-state index contributed by atoms with van der Waals surface area (Å²) in [6.45, 7) is 23.4. The molecule has 1 aliphatic heterocycles. The molecule has 0 aromatic carbocycles. The number of carbonyl (C=O) groups is 1. The molecule has 0 aromatic heterocycles. The highest BCUT2D eigenvalue weighted by atomic mass is 28.4. The molecule has 0 spiro atoms. The van der Waals surface area contributed by atoms with Crippen LogP contribution in [0.25, 0.3) is 0 Å². The first kappa shape index (κ1) is 23.4. The average molecular weight is 400 g/mol. The van der Waals surface area contributed by atoms with E-state index in [-0.39, 0.29) is 16.7 Å². The number of nitrogens with zero attached hydrogens (tertiary/aromatic N) is 1. The molecule has 26 heavy (non-hydrogen) atoms. The molecule has 0 N–H and O–H groups in total. The minimum atomic E-state index is -2.19. The van der Waals surface area contributed by atoms with Gasteiger partial charge in [-0.1, -0.05) is 41.5 Å². The van der Waals surface area contributed by atoms with E-state index in [9.17, 15) is 10.1 Å². The number of hydrogen-bond acceptors (Lipinski definition) is 5. The van der Waals surface area contributed by atoms with Crippen molar-refractivity contribution < 1.29 is 18.4 Å². The number of nitriles is 1. The van der Waals surface area contributed by atoms with Crippen LogP contribution >= 0.6 is 0 Å². The third kappa shape index (κ3) is 4.41. The summed E-state index contributed by atoms with van der Waals surface area (Å²) in [5.41, 5.74) is -1.29. The molecule has 0 unspecified atom stereocenters. The highest BCUT2D eigenvalue weighted by Crippen LogP contribution is 2.44. The molecule has 0 amide bonds. The van der Waals surface area contributed by atoms with E-state index in [1.165, 1.54) is 0 Å². The third-order valence-electron chi connectivity index (χ3n) is 6.46. The van der Waals surface area contributed by atoms with Gasteiger partial charge in [-0.2, -0.15) is 5.26 Å². The first-order valence-corrected chi connectivity index (χ1v) is 15.1. The van der Waals surface area contributed by atoms with Gasteiger partial charge in [-0.25, -0.2) is 0 Å². The minimum Gasteiger partial charge on any atom is -0.456 e. The Kier molecular flexibility index (Phi) is 6.33. The zero-order valence-electron chi connectivity index (χ0n) is 18.4. The van der Waals surface area contributed by atoms with E-state index in [0.29, 0.717) is 0 Å². The summed E-state index contributed by atoms with van der Waals surface area (Å²) in [7, 11) is -4.18. The van der Waals surface area contributed by atoms with E-state index in [0.717, 1.165) is 0 Å². The topological polar surface area (TPSA) is 68.5 Å². The van der Waals surface area contributed by atoms with Gasteiger partial charge in [0.2, 0.25) is 0 Å². The van der Waals surface area contributed by atoms with Gasteiger partial charge >= 0.3 is 5.97 Å². The van der Waals surface area contributed by atoms with Gasteiger partial charge < -0.3 is 13.6 Å². The Balaban J connectivity index is 3.11. The lowest BCUT2D eigenvalue weighted by Gasteiger charge is -2.41. The van der Waals surface area contributed by atoms with E-state index in [2.05, 4.69) is 73.8 Å². The maximum absolute atomic E-state index is 12.5. The largest absolute Gasteiger partial charge is 0.456 e. The molecule has 5 nitrogen and oxygen atoms in total. The van der Waals surface area contributed by atoms with Crippen LogP contribution in [0.4, 0.5) is 0 Å². The second-order valence-electron chi connectivity index (χ2n) is 10.6. The Morgan fingerprint density at radius 1 is 1.08 bits per heavy atom. The number of esters is 1. The van der Waals surface area contributed by atoms with Gasteiger partial charge in [-0.05, 0) is 43.2 Å². The molecule has 0 radical (unpaired) electrons. The lowest BCUT2D eigenvalue weighted by atomic mass is 9.86. The molecule has 0 bridgehead atoms. The lowest BCUT2D eigenvalue weighted by molar-refractivity contribution is -0.147. The normalized spacial score (nSPS) is 28.0. The SMILES string of the molecule is CC(C)(C)[Si](C)(C)OC[C@H]1OC(=O)[C@](C)(C#N)[C@@H]1O[Si](C)(C)C(C)(C)C. The van der Waals surface area contributed by atoms with E-state index < -0.39 is 40.2 Å². The van der Waals surface area contributed by atoms with Crippen molar-refractivity contribution in [3.63, 3.8) is 0 Å². The molecule has 1 aliphatic rings. The smallest absolute Gasteiger partial charge is 0.329 e. The number of carbonyl (C=O) groups excluding carboxylic acids is 1. The molecule has 150 valence electrons. The van der Waals surface area contributed by atoms with Crippen molar-refractivity contribution in [2.45, 2.75) is 96.9 Å².